The zero-order chi connectivity index (χ0) is 15.0. The number of nitrogen functional groups attached to an aromatic ring is 1. The van der Waals surface area contributed by atoms with Crippen LogP contribution in [0.2, 0.25) is 5.02 Å². The molecule has 0 radical (unpaired) electrons. The van der Waals surface area contributed by atoms with Gasteiger partial charge in [0, 0.05) is 16.3 Å². The third-order valence-corrected chi connectivity index (χ3v) is 3.73. The van der Waals surface area contributed by atoms with Crippen LogP contribution in [0.3, 0.4) is 0 Å². The average Bonchev–Trinajstić information content (AvgIpc) is 2.77. The van der Waals surface area contributed by atoms with E-state index >= 15 is 0 Å². The van der Waals surface area contributed by atoms with E-state index in [1.807, 2.05) is 41.8 Å². The minimum absolute atomic E-state index is 0.407. The molecule has 0 unspecified atom stereocenters. The Bertz CT molecular complexity index is 813. The predicted octanol–water partition coefficient (Wildman–Crippen LogP) is 3.03. The summed E-state index contributed by atoms with van der Waals surface area (Å²) >= 11 is 6.28. The molecule has 2 N–H and O–H groups in total. The Hall–Kier alpha value is -2.27. The number of nitrogens with zero attached hydrogens (tertiary/aromatic N) is 3. The summed E-state index contributed by atoms with van der Waals surface area (Å²) in [6.07, 6.45) is 0. The highest BCUT2D eigenvalue weighted by Crippen LogP contribution is 2.29. The van der Waals surface area contributed by atoms with Crippen LogP contribution in [-0.4, -0.2) is 21.6 Å². The summed E-state index contributed by atoms with van der Waals surface area (Å²) in [5.41, 5.74) is 9.30. The molecule has 21 heavy (non-hydrogen) atoms. The minimum atomic E-state index is 0.407. The Balaban J connectivity index is 2.14. The van der Waals surface area contributed by atoms with Crippen molar-refractivity contribution in [3.05, 3.63) is 46.6 Å². The molecule has 5 nitrogen and oxygen atoms in total. The van der Waals surface area contributed by atoms with Gasteiger partial charge in [-0.2, -0.15) is 0 Å². The van der Waals surface area contributed by atoms with Crippen molar-refractivity contribution in [1.82, 2.24) is 14.5 Å². The number of hydrogen-bond donors (Lipinski definition) is 1. The first-order chi connectivity index (χ1) is 10.1. The number of hydrogen-bond acceptors (Lipinski definition) is 4. The first-order valence-electron chi connectivity index (χ1n) is 6.51. The summed E-state index contributed by atoms with van der Waals surface area (Å²) in [5.74, 6) is 1.13. The number of aryl methyl sites for hydroxylation is 1. The first-order valence-corrected chi connectivity index (χ1v) is 6.88. The van der Waals surface area contributed by atoms with Gasteiger partial charge in [-0.15, -0.1) is 0 Å². The molecule has 108 valence electrons. The van der Waals surface area contributed by atoms with Crippen LogP contribution in [0.25, 0.3) is 11.2 Å². The van der Waals surface area contributed by atoms with E-state index in [0.29, 0.717) is 17.5 Å². The molecule has 0 amide bonds. The molecule has 3 aromatic rings. The lowest BCUT2D eigenvalue weighted by Crippen LogP contribution is -2.07. The number of ether oxygens (including phenoxy) is 1. The Labute approximate surface area is 127 Å². The van der Waals surface area contributed by atoms with Crippen LogP contribution in [0, 0.1) is 6.92 Å². The number of methoxy groups -OCH3 is 1. The molecule has 0 atom stereocenters. The van der Waals surface area contributed by atoms with Gasteiger partial charge in [0.2, 0.25) is 5.95 Å². The number of fused-ring (bicyclic) bond motifs is 1. The van der Waals surface area contributed by atoms with E-state index in [1.165, 1.54) is 0 Å². The average molecular weight is 303 g/mol. The van der Waals surface area contributed by atoms with E-state index in [-0.39, 0.29) is 0 Å². The smallest absolute Gasteiger partial charge is 0.202 e. The molecule has 0 saturated carbocycles. The second-order valence-corrected chi connectivity index (χ2v) is 5.18. The van der Waals surface area contributed by atoms with Gasteiger partial charge in [0.05, 0.1) is 13.7 Å². The molecule has 1 aromatic carbocycles. The maximum Gasteiger partial charge on any atom is 0.202 e. The highest BCUT2D eigenvalue weighted by Gasteiger charge is 2.14. The zero-order valence-corrected chi connectivity index (χ0v) is 12.6. The molecular weight excluding hydrogens is 288 g/mol. The highest BCUT2D eigenvalue weighted by atomic mass is 35.5. The van der Waals surface area contributed by atoms with E-state index in [2.05, 4.69) is 9.97 Å². The number of rotatable bonds is 3. The third-order valence-electron chi connectivity index (χ3n) is 3.37. The molecule has 3 rings (SSSR count). The molecular formula is C15H15ClN4O. The molecule has 0 saturated heterocycles. The maximum absolute atomic E-state index is 6.28. The van der Waals surface area contributed by atoms with Crippen molar-refractivity contribution in [1.29, 1.82) is 0 Å². The number of benzene rings is 1. The monoisotopic (exact) mass is 302 g/mol. The van der Waals surface area contributed by atoms with Crippen molar-refractivity contribution < 1.29 is 4.74 Å². The van der Waals surface area contributed by atoms with Crippen molar-refractivity contribution in [2.75, 3.05) is 12.8 Å². The standard InChI is InChI=1S/C15H15ClN4O/c1-9-6-7-12-14(18-9)20(15(17)19-12)8-10-11(16)4-3-5-13(10)21-2/h3-7H,8H2,1-2H3,(H2,17,19). The number of halogens is 1. The van der Waals surface area contributed by atoms with Crippen LogP contribution in [0.1, 0.15) is 11.3 Å². The Morgan fingerprint density at radius 3 is 2.81 bits per heavy atom. The van der Waals surface area contributed by atoms with Crippen molar-refractivity contribution in [3.8, 4) is 5.75 Å². The number of nitrogens with two attached hydrogens (primary N) is 1. The number of pyridine rings is 1. The summed E-state index contributed by atoms with van der Waals surface area (Å²) in [6, 6.07) is 9.37. The lowest BCUT2D eigenvalue weighted by molar-refractivity contribution is 0.408. The molecule has 0 aliphatic heterocycles. The fraction of sp³-hybridized carbons (Fsp3) is 0.200. The topological polar surface area (TPSA) is 66.0 Å². The number of aromatic nitrogens is 3. The Kier molecular flexibility index (Phi) is 3.43. The third kappa shape index (κ3) is 2.40. The highest BCUT2D eigenvalue weighted by molar-refractivity contribution is 6.31. The summed E-state index contributed by atoms with van der Waals surface area (Å²) in [4.78, 5) is 8.84. The second kappa shape index (κ2) is 5.26. The van der Waals surface area contributed by atoms with Crippen LogP contribution in [0.4, 0.5) is 5.95 Å². The van der Waals surface area contributed by atoms with Gasteiger partial charge in [0.1, 0.15) is 11.3 Å². The summed E-state index contributed by atoms with van der Waals surface area (Å²) in [5, 5.41) is 0.628. The number of anilines is 1. The fourth-order valence-corrected chi connectivity index (χ4v) is 2.54. The molecule has 0 spiro atoms. The maximum atomic E-state index is 6.28. The van der Waals surface area contributed by atoms with Crippen LogP contribution in [0.5, 0.6) is 5.75 Å². The Morgan fingerprint density at radius 1 is 1.24 bits per heavy atom. The van der Waals surface area contributed by atoms with Crippen molar-refractivity contribution >= 4 is 28.7 Å². The van der Waals surface area contributed by atoms with Crippen LogP contribution < -0.4 is 10.5 Å². The molecule has 0 aliphatic rings. The van der Waals surface area contributed by atoms with E-state index in [1.54, 1.807) is 7.11 Å². The van der Waals surface area contributed by atoms with Gasteiger partial charge in [-0.25, -0.2) is 9.97 Å². The van der Waals surface area contributed by atoms with Crippen molar-refractivity contribution in [2.45, 2.75) is 13.5 Å². The van der Waals surface area contributed by atoms with Gasteiger partial charge in [0.25, 0.3) is 0 Å². The van der Waals surface area contributed by atoms with Gasteiger partial charge in [-0.1, -0.05) is 17.7 Å². The minimum Gasteiger partial charge on any atom is -0.496 e. The number of imidazole rings is 1. The lowest BCUT2D eigenvalue weighted by atomic mass is 10.2. The largest absolute Gasteiger partial charge is 0.496 e. The summed E-state index contributed by atoms with van der Waals surface area (Å²) < 4.78 is 7.21. The summed E-state index contributed by atoms with van der Waals surface area (Å²) in [7, 11) is 1.62. The second-order valence-electron chi connectivity index (χ2n) is 4.77. The molecule has 0 aliphatic carbocycles. The van der Waals surface area contributed by atoms with E-state index < -0.39 is 0 Å². The van der Waals surface area contributed by atoms with Crippen LogP contribution in [-0.2, 0) is 6.54 Å². The van der Waals surface area contributed by atoms with E-state index in [4.69, 9.17) is 22.1 Å². The van der Waals surface area contributed by atoms with Crippen molar-refractivity contribution in [3.63, 3.8) is 0 Å². The lowest BCUT2D eigenvalue weighted by Gasteiger charge is -2.12. The molecule has 2 aromatic heterocycles. The fourth-order valence-electron chi connectivity index (χ4n) is 2.31. The quantitative estimate of drug-likeness (QED) is 0.807. The first kappa shape index (κ1) is 13.7. The normalized spacial score (nSPS) is 11.0. The van der Waals surface area contributed by atoms with Crippen LogP contribution in [0.15, 0.2) is 30.3 Å². The zero-order valence-electron chi connectivity index (χ0n) is 11.8. The van der Waals surface area contributed by atoms with Gasteiger partial charge in [0.15, 0.2) is 5.65 Å². The molecule has 0 bridgehead atoms. The van der Waals surface area contributed by atoms with Gasteiger partial charge in [-0.3, -0.25) is 4.57 Å². The van der Waals surface area contributed by atoms with E-state index in [0.717, 1.165) is 28.2 Å². The molecule has 6 heteroatoms. The SMILES string of the molecule is COc1cccc(Cl)c1Cn1c(N)nc2ccc(C)nc21. The van der Waals surface area contributed by atoms with E-state index in [9.17, 15) is 0 Å². The van der Waals surface area contributed by atoms with Crippen molar-refractivity contribution in [2.24, 2.45) is 0 Å². The van der Waals surface area contributed by atoms with Gasteiger partial charge >= 0.3 is 0 Å². The van der Waals surface area contributed by atoms with Gasteiger partial charge in [-0.05, 0) is 31.2 Å². The van der Waals surface area contributed by atoms with Crippen LogP contribution >= 0.6 is 11.6 Å². The molecule has 0 fully saturated rings. The summed E-state index contributed by atoms with van der Waals surface area (Å²) in [6.45, 7) is 2.39. The predicted molar refractivity (Wildman–Crippen MR) is 83.8 cm³/mol. The Morgan fingerprint density at radius 2 is 2.05 bits per heavy atom. The van der Waals surface area contributed by atoms with Gasteiger partial charge < -0.3 is 10.5 Å². The molecule has 2 heterocycles.